The van der Waals surface area contributed by atoms with Gasteiger partial charge in [-0.3, -0.25) is 10.1 Å². The maximum absolute atomic E-state index is 12.8. The molecule has 0 saturated carbocycles. The van der Waals surface area contributed by atoms with Crippen LogP contribution in [-0.2, 0) is 20.9 Å². The number of nitro benzene ring substituents is 1. The summed E-state index contributed by atoms with van der Waals surface area (Å²) in [6.45, 7) is 6.95. The molecule has 9 nitrogen and oxygen atoms in total. The standard InChI is InChI=1S/C22H26N2O7/c1-15(29-14-16-8-6-5-7-9-16)19(23-21(26)31-22(2,3)4)20(25)30-18-12-10-17(11-13-18)24(27)28/h5-13,15,19H,14H2,1-4H3,(H,23,26)/t15-,19+/m0/s1. The van der Waals surface area contributed by atoms with E-state index in [0.717, 1.165) is 5.56 Å². The molecule has 166 valence electrons. The summed E-state index contributed by atoms with van der Waals surface area (Å²) in [5.41, 5.74) is 0.00212. The minimum absolute atomic E-state index is 0.0989. The maximum atomic E-state index is 12.8. The summed E-state index contributed by atoms with van der Waals surface area (Å²) in [5, 5.41) is 13.3. The highest BCUT2D eigenvalue weighted by Gasteiger charge is 2.31. The minimum Gasteiger partial charge on any atom is -0.444 e. The molecule has 0 aliphatic heterocycles. The van der Waals surface area contributed by atoms with Crippen LogP contribution < -0.4 is 10.1 Å². The van der Waals surface area contributed by atoms with Crippen molar-refractivity contribution in [1.29, 1.82) is 0 Å². The van der Waals surface area contributed by atoms with E-state index in [9.17, 15) is 19.7 Å². The number of carbonyl (C=O) groups is 2. The van der Waals surface area contributed by atoms with Crippen LogP contribution in [0.4, 0.5) is 10.5 Å². The average Bonchev–Trinajstić information content (AvgIpc) is 2.70. The van der Waals surface area contributed by atoms with Crippen LogP contribution in [0.1, 0.15) is 33.3 Å². The van der Waals surface area contributed by atoms with E-state index in [2.05, 4.69) is 5.32 Å². The molecule has 0 saturated heterocycles. The Morgan fingerprint density at radius 2 is 1.68 bits per heavy atom. The van der Waals surface area contributed by atoms with Gasteiger partial charge >= 0.3 is 12.1 Å². The number of carbonyl (C=O) groups excluding carboxylic acids is 2. The topological polar surface area (TPSA) is 117 Å². The van der Waals surface area contributed by atoms with Crippen LogP contribution in [0.25, 0.3) is 0 Å². The van der Waals surface area contributed by atoms with Crippen LogP contribution in [-0.4, -0.2) is 34.7 Å². The first-order valence-corrected chi connectivity index (χ1v) is 9.66. The van der Waals surface area contributed by atoms with Gasteiger partial charge in [-0.2, -0.15) is 0 Å². The van der Waals surface area contributed by atoms with Crippen molar-refractivity contribution in [2.45, 2.75) is 52.0 Å². The number of non-ortho nitro benzene ring substituents is 1. The van der Waals surface area contributed by atoms with E-state index in [4.69, 9.17) is 14.2 Å². The number of amides is 1. The van der Waals surface area contributed by atoms with Crippen molar-refractivity contribution in [2.24, 2.45) is 0 Å². The first kappa shape index (κ1) is 23.8. The zero-order valence-electron chi connectivity index (χ0n) is 17.9. The smallest absolute Gasteiger partial charge is 0.408 e. The molecule has 0 spiro atoms. The summed E-state index contributed by atoms with van der Waals surface area (Å²) in [5.74, 6) is -0.692. The van der Waals surface area contributed by atoms with Crippen LogP contribution in [0, 0.1) is 10.1 Å². The van der Waals surface area contributed by atoms with E-state index in [1.165, 1.54) is 24.3 Å². The van der Waals surface area contributed by atoms with Crippen LogP contribution in [0.2, 0.25) is 0 Å². The lowest BCUT2D eigenvalue weighted by molar-refractivity contribution is -0.384. The zero-order chi connectivity index (χ0) is 23.0. The molecule has 0 aliphatic rings. The monoisotopic (exact) mass is 430 g/mol. The van der Waals surface area contributed by atoms with Gasteiger partial charge in [0.25, 0.3) is 5.69 Å². The molecule has 2 aromatic carbocycles. The third-order valence-electron chi connectivity index (χ3n) is 4.02. The number of esters is 1. The van der Waals surface area contributed by atoms with Gasteiger partial charge in [0.05, 0.1) is 17.6 Å². The zero-order valence-corrected chi connectivity index (χ0v) is 17.9. The highest BCUT2D eigenvalue weighted by atomic mass is 16.6. The summed E-state index contributed by atoms with van der Waals surface area (Å²) in [6.07, 6.45) is -1.55. The molecule has 0 heterocycles. The molecule has 2 aromatic rings. The van der Waals surface area contributed by atoms with Gasteiger partial charge in [0.2, 0.25) is 0 Å². The van der Waals surface area contributed by atoms with Gasteiger partial charge < -0.3 is 19.5 Å². The van der Waals surface area contributed by atoms with E-state index in [-0.39, 0.29) is 18.0 Å². The second-order valence-corrected chi connectivity index (χ2v) is 7.80. The fourth-order valence-corrected chi connectivity index (χ4v) is 2.52. The van der Waals surface area contributed by atoms with Crippen molar-refractivity contribution in [3.05, 3.63) is 70.3 Å². The van der Waals surface area contributed by atoms with Crippen LogP contribution >= 0.6 is 0 Å². The minimum atomic E-state index is -1.17. The molecule has 0 aromatic heterocycles. The molecule has 0 bridgehead atoms. The van der Waals surface area contributed by atoms with Crippen molar-refractivity contribution >= 4 is 17.7 Å². The third-order valence-corrected chi connectivity index (χ3v) is 4.02. The summed E-state index contributed by atoms with van der Waals surface area (Å²) in [4.78, 5) is 35.3. The van der Waals surface area contributed by atoms with Gasteiger partial charge in [0.1, 0.15) is 11.4 Å². The number of benzene rings is 2. The lowest BCUT2D eigenvalue weighted by Crippen LogP contribution is -2.51. The molecular formula is C22H26N2O7. The molecule has 31 heavy (non-hydrogen) atoms. The van der Waals surface area contributed by atoms with Crippen LogP contribution in [0.15, 0.2) is 54.6 Å². The van der Waals surface area contributed by atoms with E-state index in [1.54, 1.807) is 27.7 Å². The van der Waals surface area contributed by atoms with Gasteiger partial charge in [-0.05, 0) is 45.4 Å². The molecule has 1 N–H and O–H groups in total. The fourth-order valence-electron chi connectivity index (χ4n) is 2.52. The van der Waals surface area contributed by atoms with E-state index >= 15 is 0 Å². The quantitative estimate of drug-likeness (QED) is 0.291. The molecule has 0 aliphatic carbocycles. The molecule has 2 atom stereocenters. The summed E-state index contributed by atoms with van der Waals surface area (Å²) < 4.78 is 16.3. The SMILES string of the molecule is C[C@H](OCc1ccccc1)[C@@H](NC(=O)OC(C)(C)C)C(=O)Oc1ccc([N+](=O)[O-])cc1. The predicted molar refractivity (Wildman–Crippen MR) is 113 cm³/mol. The molecule has 2 rings (SSSR count). The Labute approximate surface area is 180 Å². The lowest BCUT2D eigenvalue weighted by Gasteiger charge is -2.26. The Balaban J connectivity index is 2.11. The van der Waals surface area contributed by atoms with E-state index < -0.39 is 34.7 Å². The molecule has 9 heteroatoms. The fraction of sp³-hybridized carbons (Fsp3) is 0.364. The summed E-state index contributed by atoms with van der Waals surface area (Å²) in [7, 11) is 0. The molecular weight excluding hydrogens is 404 g/mol. The maximum Gasteiger partial charge on any atom is 0.408 e. The summed E-state index contributed by atoms with van der Waals surface area (Å²) in [6, 6.07) is 13.2. The van der Waals surface area contributed by atoms with Gasteiger partial charge in [0.15, 0.2) is 6.04 Å². The molecule has 0 fully saturated rings. The first-order chi connectivity index (χ1) is 14.5. The van der Waals surface area contributed by atoms with Gasteiger partial charge in [-0.25, -0.2) is 9.59 Å². The Morgan fingerprint density at radius 1 is 1.06 bits per heavy atom. The van der Waals surface area contributed by atoms with E-state index in [1.807, 2.05) is 30.3 Å². The largest absolute Gasteiger partial charge is 0.444 e. The van der Waals surface area contributed by atoms with Crippen molar-refractivity contribution in [3.63, 3.8) is 0 Å². The summed E-state index contributed by atoms with van der Waals surface area (Å²) >= 11 is 0. The Hall–Kier alpha value is -3.46. The van der Waals surface area contributed by atoms with Crippen molar-refractivity contribution in [2.75, 3.05) is 0 Å². The normalized spacial score (nSPS) is 13.0. The van der Waals surface area contributed by atoms with Crippen LogP contribution in [0.5, 0.6) is 5.75 Å². The van der Waals surface area contributed by atoms with Gasteiger partial charge in [0, 0.05) is 12.1 Å². The number of nitrogens with one attached hydrogen (secondary N) is 1. The Kier molecular flexibility index (Phi) is 8.09. The second-order valence-electron chi connectivity index (χ2n) is 7.80. The van der Waals surface area contributed by atoms with Crippen molar-refractivity contribution in [3.8, 4) is 5.75 Å². The lowest BCUT2D eigenvalue weighted by atomic mass is 10.1. The Morgan fingerprint density at radius 3 is 2.23 bits per heavy atom. The highest BCUT2D eigenvalue weighted by molar-refractivity contribution is 5.83. The number of nitrogens with zero attached hydrogens (tertiary/aromatic N) is 1. The molecule has 1 amide bonds. The van der Waals surface area contributed by atoms with E-state index in [0.29, 0.717) is 0 Å². The van der Waals surface area contributed by atoms with Crippen molar-refractivity contribution in [1.82, 2.24) is 5.32 Å². The number of alkyl carbamates (subject to hydrolysis) is 1. The number of nitro groups is 1. The Bertz CT molecular complexity index is 892. The second kappa shape index (κ2) is 10.5. The molecule has 0 radical (unpaired) electrons. The molecule has 0 unspecified atom stereocenters. The number of ether oxygens (including phenoxy) is 3. The van der Waals surface area contributed by atoms with Gasteiger partial charge in [-0.1, -0.05) is 30.3 Å². The van der Waals surface area contributed by atoms with Crippen LogP contribution in [0.3, 0.4) is 0 Å². The number of hydrogen-bond donors (Lipinski definition) is 1. The van der Waals surface area contributed by atoms with Crippen molar-refractivity contribution < 1.29 is 28.7 Å². The van der Waals surface area contributed by atoms with Gasteiger partial charge in [-0.15, -0.1) is 0 Å². The number of rotatable bonds is 8. The third kappa shape index (κ3) is 8.06. The highest BCUT2D eigenvalue weighted by Crippen LogP contribution is 2.19. The predicted octanol–water partition coefficient (Wildman–Crippen LogP) is 4.00. The first-order valence-electron chi connectivity index (χ1n) is 9.66. The average molecular weight is 430 g/mol. The number of hydrogen-bond acceptors (Lipinski definition) is 7.